The average molecular weight is 319 g/mol. The van der Waals surface area contributed by atoms with Crippen LogP contribution in [0.2, 0.25) is 0 Å². The molecule has 0 aliphatic heterocycles. The Balaban J connectivity index is 1.68. The molecular formula is C16H21N3O4. The van der Waals surface area contributed by atoms with E-state index in [0.717, 1.165) is 24.8 Å². The number of carbonyl (C=O) groups is 1. The van der Waals surface area contributed by atoms with Crippen molar-refractivity contribution in [3.63, 3.8) is 0 Å². The van der Waals surface area contributed by atoms with Crippen molar-refractivity contribution >= 4 is 17.4 Å². The van der Waals surface area contributed by atoms with E-state index in [1.165, 1.54) is 12.1 Å². The Labute approximate surface area is 134 Å². The number of benzene rings is 1. The number of fused-ring (bicyclic) bond motifs is 2. The zero-order valence-corrected chi connectivity index (χ0v) is 13.0. The van der Waals surface area contributed by atoms with Gasteiger partial charge in [-0.1, -0.05) is 6.07 Å². The molecular weight excluding hydrogens is 298 g/mol. The topological polar surface area (TPSA) is 105 Å². The monoisotopic (exact) mass is 319 g/mol. The summed E-state index contributed by atoms with van der Waals surface area (Å²) in [5.41, 5.74) is 1.14. The summed E-state index contributed by atoms with van der Waals surface area (Å²) in [7, 11) is 0. The second-order valence-corrected chi connectivity index (χ2v) is 6.56. The number of nitrogens with one attached hydrogen (secondary N) is 2. The van der Waals surface area contributed by atoms with Crippen LogP contribution in [-0.2, 0) is 0 Å². The van der Waals surface area contributed by atoms with Gasteiger partial charge in [-0.2, -0.15) is 0 Å². The van der Waals surface area contributed by atoms with E-state index in [9.17, 15) is 20.0 Å². The van der Waals surface area contributed by atoms with Crippen LogP contribution in [0.1, 0.15) is 24.8 Å². The van der Waals surface area contributed by atoms with Gasteiger partial charge in [0.05, 0.1) is 10.6 Å². The molecule has 2 fully saturated rings. The van der Waals surface area contributed by atoms with Crippen molar-refractivity contribution in [1.82, 2.24) is 5.32 Å². The molecule has 3 rings (SSSR count). The number of nitro benzene ring substituents is 1. The first-order valence-electron chi connectivity index (χ1n) is 7.93. The lowest BCUT2D eigenvalue weighted by atomic mass is 9.85. The smallest absolute Gasteiger partial charge is 0.319 e. The van der Waals surface area contributed by atoms with Crippen LogP contribution in [0, 0.1) is 34.8 Å². The predicted molar refractivity (Wildman–Crippen MR) is 85.2 cm³/mol. The summed E-state index contributed by atoms with van der Waals surface area (Å²) in [6.45, 7) is 1.87. The number of nitro groups is 1. The summed E-state index contributed by atoms with van der Waals surface area (Å²) in [4.78, 5) is 22.6. The van der Waals surface area contributed by atoms with E-state index in [0.29, 0.717) is 17.5 Å². The SMILES string of the molecule is Cc1ccc([N+](=O)[O-])cc1NC(=O)NC1C2CCC(C2)C1CO. The maximum Gasteiger partial charge on any atom is 0.319 e. The molecule has 0 spiro atoms. The molecule has 3 N–H and O–H groups in total. The molecule has 0 aromatic heterocycles. The Morgan fingerprint density at radius 1 is 1.39 bits per heavy atom. The zero-order chi connectivity index (χ0) is 16.6. The van der Waals surface area contributed by atoms with Crippen LogP contribution in [0.25, 0.3) is 0 Å². The second kappa shape index (κ2) is 6.16. The van der Waals surface area contributed by atoms with E-state index in [1.54, 1.807) is 13.0 Å². The van der Waals surface area contributed by atoms with Gasteiger partial charge in [0, 0.05) is 30.7 Å². The molecule has 0 saturated heterocycles. The third kappa shape index (κ3) is 3.01. The number of carbonyl (C=O) groups excluding carboxylic acids is 1. The summed E-state index contributed by atoms with van der Waals surface area (Å²) in [5.74, 6) is 1.04. The molecule has 7 nitrogen and oxygen atoms in total. The van der Waals surface area contributed by atoms with Crippen molar-refractivity contribution in [2.45, 2.75) is 32.2 Å². The van der Waals surface area contributed by atoms with E-state index in [-0.39, 0.29) is 30.3 Å². The molecule has 2 amide bonds. The summed E-state index contributed by atoms with van der Waals surface area (Å²) >= 11 is 0. The number of nitrogens with zero attached hydrogens (tertiary/aromatic N) is 1. The lowest BCUT2D eigenvalue weighted by Gasteiger charge is -2.30. The van der Waals surface area contributed by atoms with Gasteiger partial charge in [-0.25, -0.2) is 4.79 Å². The normalized spacial score (nSPS) is 28.6. The third-order valence-electron chi connectivity index (χ3n) is 5.28. The van der Waals surface area contributed by atoms with E-state index in [2.05, 4.69) is 10.6 Å². The third-order valence-corrected chi connectivity index (χ3v) is 5.28. The lowest BCUT2D eigenvalue weighted by Crippen LogP contribution is -2.46. The molecule has 1 aromatic rings. The van der Waals surface area contributed by atoms with Gasteiger partial charge in [0.1, 0.15) is 0 Å². The minimum Gasteiger partial charge on any atom is -0.396 e. The van der Waals surface area contributed by atoms with Gasteiger partial charge < -0.3 is 15.7 Å². The Morgan fingerprint density at radius 2 is 2.13 bits per heavy atom. The predicted octanol–water partition coefficient (Wildman–Crippen LogP) is 2.43. The fourth-order valence-corrected chi connectivity index (χ4v) is 4.07. The maximum absolute atomic E-state index is 12.3. The number of aryl methyl sites for hydroxylation is 1. The molecule has 1 aromatic carbocycles. The molecule has 2 bridgehead atoms. The van der Waals surface area contributed by atoms with Crippen LogP contribution in [0.15, 0.2) is 18.2 Å². The molecule has 2 aliphatic carbocycles. The van der Waals surface area contributed by atoms with Gasteiger partial charge in [-0.15, -0.1) is 0 Å². The Hall–Kier alpha value is -2.15. The van der Waals surface area contributed by atoms with Crippen molar-refractivity contribution in [2.75, 3.05) is 11.9 Å². The van der Waals surface area contributed by atoms with Gasteiger partial charge in [0.2, 0.25) is 0 Å². The van der Waals surface area contributed by atoms with Gasteiger partial charge in [0.15, 0.2) is 0 Å². The fourth-order valence-electron chi connectivity index (χ4n) is 4.07. The lowest BCUT2D eigenvalue weighted by molar-refractivity contribution is -0.384. The second-order valence-electron chi connectivity index (χ2n) is 6.56. The number of hydrogen-bond donors (Lipinski definition) is 3. The molecule has 4 unspecified atom stereocenters. The van der Waals surface area contributed by atoms with Crippen LogP contribution in [0.3, 0.4) is 0 Å². The minimum absolute atomic E-state index is 0.0160. The van der Waals surface area contributed by atoms with Gasteiger partial charge in [-0.05, 0) is 43.6 Å². The number of hydrogen-bond acceptors (Lipinski definition) is 4. The molecule has 0 heterocycles. The van der Waals surface area contributed by atoms with Gasteiger partial charge >= 0.3 is 6.03 Å². The first kappa shape index (κ1) is 15.7. The standard InChI is InChI=1S/C16H21N3O4/c1-9-2-5-12(19(22)23)7-14(9)17-16(21)18-15-11-4-3-10(6-11)13(15)8-20/h2,5,7,10-11,13,15,20H,3-4,6,8H2,1H3,(H2,17,18,21). The van der Waals surface area contributed by atoms with E-state index >= 15 is 0 Å². The molecule has 2 saturated carbocycles. The summed E-state index contributed by atoms with van der Waals surface area (Å²) < 4.78 is 0. The van der Waals surface area contributed by atoms with Crippen molar-refractivity contribution in [3.8, 4) is 0 Å². The van der Waals surface area contributed by atoms with Crippen LogP contribution in [0.5, 0.6) is 0 Å². The van der Waals surface area contributed by atoms with Crippen LogP contribution >= 0.6 is 0 Å². The molecule has 124 valence electrons. The van der Waals surface area contributed by atoms with Crippen LogP contribution in [0.4, 0.5) is 16.2 Å². The highest BCUT2D eigenvalue weighted by atomic mass is 16.6. The molecule has 2 aliphatic rings. The van der Waals surface area contributed by atoms with E-state index < -0.39 is 4.92 Å². The zero-order valence-electron chi connectivity index (χ0n) is 13.0. The Morgan fingerprint density at radius 3 is 2.83 bits per heavy atom. The van der Waals surface area contributed by atoms with Crippen molar-refractivity contribution in [2.24, 2.45) is 17.8 Å². The van der Waals surface area contributed by atoms with Crippen molar-refractivity contribution < 1.29 is 14.8 Å². The highest BCUT2D eigenvalue weighted by molar-refractivity contribution is 5.90. The quantitative estimate of drug-likeness (QED) is 0.585. The Bertz CT molecular complexity index is 634. The first-order valence-corrected chi connectivity index (χ1v) is 7.93. The summed E-state index contributed by atoms with van der Waals surface area (Å²) in [6.07, 6.45) is 3.27. The largest absolute Gasteiger partial charge is 0.396 e. The van der Waals surface area contributed by atoms with E-state index in [4.69, 9.17) is 0 Å². The van der Waals surface area contributed by atoms with Crippen molar-refractivity contribution in [3.05, 3.63) is 33.9 Å². The highest BCUT2D eigenvalue weighted by Crippen LogP contribution is 2.48. The highest BCUT2D eigenvalue weighted by Gasteiger charge is 2.47. The number of anilines is 1. The van der Waals surface area contributed by atoms with E-state index in [1.807, 2.05) is 0 Å². The number of non-ortho nitro benzene ring substituents is 1. The first-order chi connectivity index (χ1) is 11.0. The number of amides is 2. The molecule has 0 radical (unpaired) electrons. The number of rotatable bonds is 4. The fraction of sp³-hybridized carbons (Fsp3) is 0.562. The number of aliphatic hydroxyl groups is 1. The molecule has 4 atom stereocenters. The number of aliphatic hydroxyl groups excluding tert-OH is 1. The Kier molecular flexibility index (Phi) is 4.21. The summed E-state index contributed by atoms with van der Waals surface area (Å²) in [6, 6.07) is 4.00. The summed E-state index contributed by atoms with van der Waals surface area (Å²) in [5, 5.41) is 26.1. The van der Waals surface area contributed by atoms with Crippen LogP contribution in [-0.4, -0.2) is 28.7 Å². The maximum atomic E-state index is 12.3. The average Bonchev–Trinajstić information content (AvgIpc) is 3.10. The number of urea groups is 1. The molecule has 7 heteroatoms. The minimum atomic E-state index is -0.486. The van der Waals surface area contributed by atoms with Crippen molar-refractivity contribution in [1.29, 1.82) is 0 Å². The van der Waals surface area contributed by atoms with Crippen LogP contribution < -0.4 is 10.6 Å². The van der Waals surface area contributed by atoms with Gasteiger partial charge in [-0.3, -0.25) is 10.1 Å². The molecule has 23 heavy (non-hydrogen) atoms. The van der Waals surface area contributed by atoms with Gasteiger partial charge in [0.25, 0.3) is 5.69 Å².